The van der Waals surface area contributed by atoms with Gasteiger partial charge in [0.15, 0.2) is 12.4 Å². The van der Waals surface area contributed by atoms with Crippen LogP contribution in [0, 0.1) is 13.8 Å². The molecule has 0 saturated heterocycles. The highest BCUT2D eigenvalue weighted by Gasteiger charge is 2.14. The maximum atomic E-state index is 12.2. The molecule has 3 heterocycles. The molecular formula is C20H17N3O6. The standard InChI is InChI=1S/C20H17N3O6/c1-12-16(13(2)29-23-12)10-26-15-7-5-14(6-8-15)20(24)27-11-18-21-22-19(28-18)17-4-3-9-25-17/h3-9H,10-11H2,1-2H3. The van der Waals surface area contributed by atoms with Crippen molar-refractivity contribution in [1.29, 1.82) is 0 Å². The second-order valence-corrected chi connectivity index (χ2v) is 6.17. The molecule has 0 amide bonds. The molecule has 0 radical (unpaired) electrons. The van der Waals surface area contributed by atoms with Gasteiger partial charge in [-0.3, -0.25) is 0 Å². The number of rotatable bonds is 7. The van der Waals surface area contributed by atoms with Crippen LogP contribution in [0.15, 0.2) is 56.0 Å². The first-order valence-electron chi connectivity index (χ1n) is 8.78. The normalized spacial score (nSPS) is 10.8. The number of benzene rings is 1. The quantitative estimate of drug-likeness (QED) is 0.430. The van der Waals surface area contributed by atoms with E-state index in [9.17, 15) is 4.79 Å². The molecule has 0 aliphatic rings. The van der Waals surface area contributed by atoms with Crippen molar-refractivity contribution in [2.45, 2.75) is 27.1 Å². The summed E-state index contributed by atoms with van der Waals surface area (Å²) in [6, 6.07) is 10.0. The van der Waals surface area contributed by atoms with Crippen molar-refractivity contribution in [2.75, 3.05) is 0 Å². The Morgan fingerprint density at radius 3 is 2.59 bits per heavy atom. The Balaban J connectivity index is 1.31. The van der Waals surface area contributed by atoms with E-state index >= 15 is 0 Å². The van der Waals surface area contributed by atoms with Gasteiger partial charge in [-0.2, -0.15) is 0 Å². The third kappa shape index (κ3) is 4.18. The summed E-state index contributed by atoms with van der Waals surface area (Å²) >= 11 is 0. The minimum Gasteiger partial charge on any atom is -0.489 e. The first-order chi connectivity index (χ1) is 14.1. The first-order valence-corrected chi connectivity index (χ1v) is 8.78. The summed E-state index contributed by atoms with van der Waals surface area (Å²) in [5.41, 5.74) is 2.07. The number of carbonyl (C=O) groups excluding carboxylic acids is 1. The van der Waals surface area contributed by atoms with E-state index in [1.54, 1.807) is 36.4 Å². The molecule has 0 unspecified atom stereocenters. The number of nitrogens with zero attached hydrogens (tertiary/aromatic N) is 3. The van der Waals surface area contributed by atoms with Gasteiger partial charge in [0, 0.05) is 0 Å². The summed E-state index contributed by atoms with van der Waals surface area (Å²) in [6.45, 7) is 3.88. The fraction of sp³-hybridized carbons (Fsp3) is 0.200. The predicted molar refractivity (Wildman–Crippen MR) is 97.9 cm³/mol. The zero-order chi connectivity index (χ0) is 20.2. The highest BCUT2D eigenvalue weighted by Crippen LogP contribution is 2.20. The fourth-order valence-corrected chi connectivity index (χ4v) is 2.57. The summed E-state index contributed by atoms with van der Waals surface area (Å²) in [6.07, 6.45) is 1.50. The van der Waals surface area contributed by atoms with Gasteiger partial charge in [0.2, 0.25) is 0 Å². The molecule has 148 valence electrons. The number of aryl methyl sites for hydroxylation is 2. The minimum absolute atomic E-state index is 0.142. The summed E-state index contributed by atoms with van der Waals surface area (Å²) < 4.78 is 26.6. The van der Waals surface area contributed by atoms with Gasteiger partial charge in [-0.25, -0.2) is 4.79 Å². The SMILES string of the molecule is Cc1noc(C)c1COc1ccc(C(=O)OCc2nnc(-c3ccco3)o2)cc1. The van der Waals surface area contributed by atoms with Gasteiger partial charge in [-0.15, -0.1) is 10.2 Å². The number of ether oxygens (including phenoxy) is 2. The van der Waals surface area contributed by atoms with E-state index in [0.717, 1.165) is 17.0 Å². The van der Waals surface area contributed by atoms with Crippen molar-refractivity contribution in [3.8, 4) is 17.4 Å². The lowest BCUT2D eigenvalue weighted by Crippen LogP contribution is -2.05. The molecule has 0 fully saturated rings. The van der Waals surface area contributed by atoms with Crippen LogP contribution in [0.3, 0.4) is 0 Å². The lowest BCUT2D eigenvalue weighted by atomic mass is 10.2. The summed E-state index contributed by atoms with van der Waals surface area (Å²) in [5, 5.41) is 11.6. The second kappa shape index (κ2) is 8.01. The predicted octanol–water partition coefficient (Wildman–Crippen LogP) is 3.87. The molecule has 0 saturated carbocycles. The third-order valence-electron chi connectivity index (χ3n) is 4.18. The maximum Gasteiger partial charge on any atom is 0.338 e. The average Bonchev–Trinajstić information content (AvgIpc) is 3.47. The van der Waals surface area contributed by atoms with Crippen LogP contribution in [0.25, 0.3) is 11.7 Å². The van der Waals surface area contributed by atoms with Crippen LogP contribution >= 0.6 is 0 Å². The Bertz CT molecular complexity index is 1080. The van der Waals surface area contributed by atoms with Crippen LogP contribution in [-0.2, 0) is 18.0 Å². The Labute approximate surface area is 165 Å². The van der Waals surface area contributed by atoms with E-state index in [-0.39, 0.29) is 18.4 Å². The molecule has 4 rings (SSSR count). The highest BCUT2D eigenvalue weighted by atomic mass is 16.5. The molecule has 3 aromatic heterocycles. The van der Waals surface area contributed by atoms with E-state index < -0.39 is 5.97 Å². The van der Waals surface area contributed by atoms with E-state index in [1.807, 2.05) is 13.8 Å². The van der Waals surface area contributed by atoms with E-state index in [2.05, 4.69) is 15.4 Å². The van der Waals surface area contributed by atoms with Crippen molar-refractivity contribution in [2.24, 2.45) is 0 Å². The van der Waals surface area contributed by atoms with E-state index in [4.69, 9.17) is 22.8 Å². The van der Waals surface area contributed by atoms with Crippen LogP contribution < -0.4 is 4.74 Å². The number of hydrogen-bond donors (Lipinski definition) is 0. The number of hydrogen-bond acceptors (Lipinski definition) is 9. The van der Waals surface area contributed by atoms with Crippen LogP contribution in [0.1, 0.15) is 33.3 Å². The van der Waals surface area contributed by atoms with Crippen molar-refractivity contribution < 1.29 is 27.6 Å². The molecule has 0 aliphatic carbocycles. The molecule has 0 atom stereocenters. The Hall–Kier alpha value is -3.88. The van der Waals surface area contributed by atoms with Gasteiger partial charge in [0.1, 0.15) is 18.1 Å². The first kappa shape index (κ1) is 18.5. The van der Waals surface area contributed by atoms with Crippen LogP contribution in [0.2, 0.25) is 0 Å². The number of esters is 1. The molecule has 0 bridgehead atoms. The van der Waals surface area contributed by atoms with Crippen LogP contribution in [0.5, 0.6) is 5.75 Å². The van der Waals surface area contributed by atoms with E-state index in [0.29, 0.717) is 23.7 Å². The van der Waals surface area contributed by atoms with Gasteiger partial charge in [0.05, 0.1) is 23.1 Å². The molecule has 0 aliphatic heterocycles. The van der Waals surface area contributed by atoms with Gasteiger partial charge >= 0.3 is 5.97 Å². The second-order valence-electron chi connectivity index (χ2n) is 6.17. The zero-order valence-corrected chi connectivity index (χ0v) is 15.7. The minimum atomic E-state index is -0.514. The van der Waals surface area contributed by atoms with Crippen LogP contribution in [0.4, 0.5) is 0 Å². The van der Waals surface area contributed by atoms with E-state index in [1.165, 1.54) is 6.26 Å². The van der Waals surface area contributed by atoms with Gasteiger partial charge in [0.25, 0.3) is 11.8 Å². The van der Waals surface area contributed by atoms with Gasteiger partial charge in [-0.1, -0.05) is 5.16 Å². The monoisotopic (exact) mass is 395 g/mol. The smallest absolute Gasteiger partial charge is 0.338 e. The molecule has 0 N–H and O–H groups in total. The zero-order valence-electron chi connectivity index (χ0n) is 15.7. The fourth-order valence-electron chi connectivity index (χ4n) is 2.57. The molecule has 4 aromatic rings. The Kier molecular flexibility index (Phi) is 5.10. The molecule has 1 aromatic carbocycles. The summed E-state index contributed by atoms with van der Waals surface area (Å²) in [7, 11) is 0. The van der Waals surface area contributed by atoms with Gasteiger partial charge in [-0.05, 0) is 50.2 Å². The number of furan rings is 1. The third-order valence-corrected chi connectivity index (χ3v) is 4.18. The maximum absolute atomic E-state index is 12.2. The number of aromatic nitrogens is 3. The lowest BCUT2D eigenvalue weighted by Gasteiger charge is -2.07. The molecule has 9 nitrogen and oxygen atoms in total. The Morgan fingerprint density at radius 1 is 1.07 bits per heavy atom. The average molecular weight is 395 g/mol. The van der Waals surface area contributed by atoms with Crippen LogP contribution in [-0.4, -0.2) is 21.3 Å². The van der Waals surface area contributed by atoms with Gasteiger partial charge < -0.3 is 22.8 Å². The van der Waals surface area contributed by atoms with Crippen molar-refractivity contribution in [3.63, 3.8) is 0 Å². The molecule has 9 heteroatoms. The molecule has 0 spiro atoms. The summed E-state index contributed by atoms with van der Waals surface area (Å²) in [5.74, 6) is 1.66. The molecule has 29 heavy (non-hydrogen) atoms. The van der Waals surface area contributed by atoms with Crippen molar-refractivity contribution in [1.82, 2.24) is 15.4 Å². The van der Waals surface area contributed by atoms with Crippen molar-refractivity contribution in [3.05, 3.63) is 71.1 Å². The highest BCUT2D eigenvalue weighted by molar-refractivity contribution is 5.89. The topological polar surface area (TPSA) is 114 Å². The lowest BCUT2D eigenvalue weighted by molar-refractivity contribution is 0.0438. The van der Waals surface area contributed by atoms with Crippen molar-refractivity contribution >= 4 is 5.97 Å². The summed E-state index contributed by atoms with van der Waals surface area (Å²) in [4.78, 5) is 12.2. The number of carbonyl (C=O) groups is 1. The Morgan fingerprint density at radius 2 is 1.90 bits per heavy atom. The largest absolute Gasteiger partial charge is 0.489 e. The molecular weight excluding hydrogens is 378 g/mol.